The molecule has 0 radical (unpaired) electrons. The van der Waals surface area contributed by atoms with E-state index in [-0.39, 0.29) is 29.3 Å². The van der Waals surface area contributed by atoms with Crippen molar-refractivity contribution in [2.45, 2.75) is 43.7 Å². The molecule has 0 bridgehead atoms. The van der Waals surface area contributed by atoms with E-state index in [0.717, 1.165) is 24.0 Å². The maximum atomic E-state index is 12.4. The van der Waals surface area contributed by atoms with E-state index in [1.165, 1.54) is 6.92 Å². The van der Waals surface area contributed by atoms with Crippen LogP contribution in [0.2, 0.25) is 0 Å². The number of nitrogens with one attached hydrogen (secondary N) is 2. The highest BCUT2D eigenvalue weighted by Crippen LogP contribution is 2.22. The smallest absolute Gasteiger partial charge is 0.241 e. The summed E-state index contributed by atoms with van der Waals surface area (Å²) in [6.45, 7) is 2.30. The van der Waals surface area contributed by atoms with E-state index in [1.54, 1.807) is 23.1 Å². The summed E-state index contributed by atoms with van der Waals surface area (Å²) in [6.07, 6.45) is 2.62. The number of carbonyl (C=O) groups excluding carboxylic acids is 2. The summed E-state index contributed by atoms with van der Waals surface area (Å²) in [4.78, 5) is 25.0. The fourth-order valence-electron chi connectivity index (χ4n) is 2.72. The lowest BCUT2D eigenvalue weighted by Gasteiger charge is -2.28. The Labute approximate surface area is 141 Å². The minimum atomic E-state index is -3.76. The highest BCUT2D eigenvalue weighted by molar-refractivity contribution is 7.89. The minimum Gasteiger partial charge on any atom is -0.352 e. The lowest BCUT2D eigenvalue weighted by atomic mass is 10.00. The molecule has 1 aromatic carbocycles. The van der Waals surface area contributed by atoms with Gasteiger partial charge in [-0.3, -0.25) is 9.59 Å². The maximum absolute atomic E-state index is 12.4. The summed E-state index contributed by atoms with van der Waals surface area (Å²) < 4.78 is 27.1. The summed E-state index contributed by atoms with van der Waals surface area (Å²) in [5.41, 5.74) is 1.89. The van der Waals surface area contributed by atoms with E-state index in [2.05, 4.69) is 10.0 Å². The van der Waals surface area contributed by atoms with Crippen LogP contribution in [-0.2, 0) is 32.6 Å². The largest absolute Gasteiger partial charge is 0.352 e. The van der Waals surface area contributed by atoms with Gasteiger partial charge in [0.1, 0.15) is 0 Å². The van der Waals surface area contributed by atoms with E-state index >= 15 is 0 Å². The number of rotatable bonds is 5. The summed E-state index contributed by atoms with van der Waals surface area (Å²) >= 11 is 0. The molecule has 0 unspecified atom stereocenters. The molecular weight excluding hydrogens is 330 g/mol. The van der Waals surface area contributed by atoms with E-state index in [0.29, 0.717) is 19.5 Å². The second kappa shape index (κ2) is 6.52. The Bertz CT molecular complexity index is 772. The van der Waals surface area contributed by atoms with Crippen molar-refractivity contribution in [3.8, 4) is 0 Å². The molecule has 130 valence electrons. The molecule has 2 N–H and O–H groups in total. The third kappa shape index (κ3) is 3.93. The van der Waals surface area contributed by atoms with Gasteiger partial charge in [0.05, 0.1) is 11.4 Å². The summed E-state index contributed by atoms with van der Waals surface area (Å²) in [5, 5.41) is 2.74. The van der Waals surface area contributed by atoms with Crippen LogP contribution >= 0.6 is 0 Å². The average molecular weight is 351 g/mol. The summed E-state index contributed by atoms with van der Waals surface area (Å²) in [6, 6.07) is 5.11. The monoisotopic (exact) mass is 351 g/mol. The molecule has 2 aliphatic rings. The van der Waals surface area contributed by atoms with Crippen LogP contribution in [0.1, 0.15) is 30.9 Å². The summed E-state index contributed by atoms with van der Waals surface area (Å²) in [7, 11) is -3.76. The zero-order valence-electron chi connectivity index (χ0n) is 13.5. The average Bonchev–Trinajstić information content (AvgIpc) is 3.36. The number of carbonyl (C=O) groups is 2. The molecule has 0 aromatic heterocycles. The van der Waals surface area contributed by atoms with Gasteiger partial charge in [-0.1, -0.05) is 6.07 Å². The van der Waals surface area contributed by atoms with Crippen molar-refractivity contribution in [2.24, 2.45) is 0 Å². The Morgan fingerprint density at radius 3 is 2.67 bits per heavy atom. The lowest BCUT2D eigenvalue weighted by molar-refractivity contribution is -0.129. The molecule has 1 aliphatic heterocycles. The van der Waals surface area contributed by atoms with Gasteiger partial charge >= 0.3 is 0 Å². The van der Waals surface area contributed by atoms with Crippen LogP contribution in [-0.4, -0.2) is 44.3 Å². The number of amides is 2. The Hall–Kier alpha value is -1.93. The predicted molar refractivity (Wildman–Crippen MR) is 87.6 cm³/mol. The van der Waals surface area contributed by atoms with Gasteiger partial charge in [0.15, 0.2) is 0 Å². The number of hydrogen-bond acceptors (Lipinski definition) is 4. The molecule has 0 spiro atoms. The third-order valence-electron chi connectivity index (χ3n) is 4.31. The maximum Gasteiger partial charge on any atom is 0.241 e. The zero-order chi connectivity index (χ0) is 17.3. The van der Waals surface area contributed by atoms with Crippen LogP contribution in [0.25, 0.3) is 0 Å². The van der Waals surface area contributed by atoms with Gasteiger partial charge in [-0.2, -0.15) is 0 Å². The van der Waals surface area contributed by atoms with Gasteiger partial charge in [-0.15, -0.1) is 0 Å². The predicted octanol–water partition coefficient (Wildman–Crippen LogP) is 0.148. The van der Waals surface area contributed by atoms with E-state index in [9.17, 15) is 18.0 Å². The van der Waals surface area contributed by atoms with E-state index in [4.69, 9.17) is 0 Å². The van der Waals surface area contributed by atoms with Gasteiger partial charge in [-0.05, 0) is 42.5 Å². The van der Waals surface area contributed by atoms with Crippen molar-refractivity contribution in [3.05, 3.63) is 29.3 Å². The highest BCUT2D eigenvalue weighted by Gasteiger charge is 2.25. The molecule has 1 heterocycles. The Morgan fingerprint density at radius 1 is 1.25 bits per heavy atom. The zero-order valence-corrected chi connectivity index (χ0v) is 14.4. The SMILES string of the molecule is CC(=O)N1CCc2ccc(S(=O)(=O)NCC(=O)NC3CC3)cc2C1. The van der Waals surface area contributed by atoms with Crippen molar-refractivity contribution in [2.75, 3.05) is 13.1 Å². The van der Waals surface area contributed by atoms with Crippen LogP contribution in [0.15, 0.2) is 23.1 Å². The second-order valence-corrected chi connectivity index (χ2v) is 8.05. The molecule has 1 fully saturated rings. The first-order valence-electron chi connectivity index (χ1n) is 8.01. The fraction of sp³-hybridized carbons (Fsp3) is 0.500. The van der Waals surface area contributed by atoms with E-state index in [1.807, 2.05) is 0 Å². The lowest BCUT2D eigenvalue weighted by Crippen LogP contribution is -2.38. The quantitative estimate of drug-likeness (QED) is 0.789. The number of benzene rings is 1. The van der Waals surface area contributed by atoms with Gasteiger partial charge in [0.2, 0.25) is 21.8 Å². The Morgan fingerprint density at radius 2 is 2.00 bits per heavy atom. The molecule has 7 nitrogen and oxygen atoms in total. The van der Waals surface area contributed by atoms with Crippen molar-refractivity contribution < 1.29 is 18.0 Å². The Balaban J connectivity index is 1.70. The molecule has 2 amide bonds. The van der Waals surface area contributed by atoms with Gasteiger partial charge in [0.25, 0.3) is 0 Å². The van der Waals surface area contributed by atoms with Crippen LogP contribution in [0.3, 0.4) is 0 Å². The molecule has 1 aliphatic carbocycles. The first kappa shape index (κ1) is 16.9. The number of nitrogens with zero attached hydrogens (tertiary/aromatic N) is 1. The van der Waals surface area contributed by atoms with Crippen molar-refractivity contribution in [3.63, 3.8) is 0 Å². The normalized spacial score (nSPS) is 17.3. The molecule has 1 saturated carbocycles. The molecule has 0 atom stereocenters. The standard InChI is InChI=1S/C16H21N3O4S/c1-11(20)19-7-6-12-2-5-15(8-13(12)10-19)24(22,23)17-9-16(21)18-14-3-4-14/h2,5,8,14,17H,3-4,6-7,9-10H2,1H3,(H,18,21). The third-order valence-corrected chi connectivity index (χ3v) is 5.71. The van der Waals surface area contributed by atoms with Crippen LogP contribution in [0.5, 0.6) is 0 Å². The van der Waals surface area contributed by atoms with Crippen LogP contribution < -0.4 is 10.0 Å². The molecule has 3 rings (SSSR count). The molecule has 0 saturated heterocycles. The van der Waals surface area contributed by atoms with E-state index < -0.39 is 10.0 Å². The highest BCUT2D eigenvalue weighted by atomic mass is 32.2. The Kier molecular flexibility index (Phi) is 4.60. The topological polar surface area (TPSA) is 95.6 Å². The second-order valence-electron chi connectivity index (χ2n) is 6.29. The molecule has 8 heteroatoms. The van der Waals surface area contributed by atoms with Gasteiger partial charge in [0, 0.05) is 26.1 Å². The fourth-order valence-corrected chi connectivity index (χ4v) is 3.75. The van der Waals surface area contributed by atoms with Gasteiger partial charge < -0.3 is 10.2 Å². The summed E-state index contributed by atoms with van der Waals surface area (Å²) in [5.74, 6) is -0.342. The molecule has 24 heavy (non-hydrogen) atoms. The molecule has 1 aromatic rings. The minimum absolute atomic E-state index is 0.0243. The van der Waals surface area contributed by atoms with Crippen LogP contribution in [0, 0.1) is 0 Å². The van der Waals surface area contributed by atoms with Crippen LogP contribution in [0.4, 0.5) is 0 Å². The number of fused-ring (bicyclic) bond motifs is 1. The van der Waals surface area contributed by atoms with Crippen molar-refractivity contribution in [1.82, 2.24) is 14.9 Å². The first-order chi connectivity index (χ1) is 11.3. The number of hydrogen-bond donors (Lipinski definition) is 2. The number of sulfonamides is 1. The van der Waals surface area contributed by atoms with Gasteiger partial charge in [-0.25, -0.2) is 13.1 Å². The van der Waals surface area contributed by atoms with Crippen molar-refractivity contribution in [1.29, 1.82) is 0 Å². The molecular formula is C16H21N3O4S. The van der Waals surface area contributed by atoms with Crippen molar-refractivity contribution >= 4 is 21.8 Å². The first-order valence-corrected chi connectivity index (χ1v) is 9.50.